The molecule has 12 rings (SSSR count). The van der Waals surface area contributed by atoms with Crippen LogP contribution >= 0.6 is 0 Å². The number of rotatable bonds is 29. The number of amides is 7. The first-order valence-electron chi connectivity index (χ1n) is 34.4. The molecule has 9 atom stereocenters. The number of H-pyrrole nitrogens is 3. The summed E-state index contributed by atoms with van der Waals surface area (Å²) in [5.74, 6) is -1.06. The molecule has 0 saturated heterocycles. The Kier molecular flexibility index (Phi) is 23.9. The third kappa shape index (κ3) is 19.0. The van der Waals surface area contributed by atoms with Gasteiger partial charge in [-0.15, -0.1) is 0 Å². The molecule has 26 nitrogen and oxygen atoms in total. The van der Waals surface area contributed by atoms with E-state index < -0.39 is 71.8 Å². The molecule has 0 radical (unpaired) electrons. The summed E-state index contributed by atoms with van der Waals surface area (Å²) in [5, 5.41) is 28.5. The number of ether oxygens (including phenoxy) is 4. The summed E-state index contributed by atoms with van der Waals surface area (Å²) in [5.41, 5.74) is 8.75. The minimum absolute atomic E-state index is 0.104. The highest BCUT2D eigenvalue weighted by Crippen LogP contribution is 2.37. The van der Waals surface area contributed by atoms with Gasteiger partial charge in [-0.3, -0.25) is 47.9 Å². The van der Waals surface area contributed by atoms with E-state index in [4.69, 9.17) is 24.7 Å². The molecule has 0 unspecified atom stereocenters. The Balaban J connectivity index is 0.000000161. The zero-order chi connectivity index (χ0) is 70.4. The van der Waals surface area contributed by atoms with Gasteiger partial charge >= 0.3 is 5.97 Å². The minimum atomic E-state index is -0.944. The lowest BCUT2D eigenvalue weighted by atomic mass is 9.96. The van der Waals surface area contributed by atoms with Crippen molar-refractivity contribution in [3.05, 3.63) is 89.9 Å². The Morgan fingerprint density at radius 3 is 1.09 bits per heavy atom. The van der Waals surface area contributed by atoms with Gasteiger partial charge in [-0.05, 0) is 149 Å². The Labute approximate surface area is 572 Å². The molecule has 6 aliphatic carbocycles. The summed E-state index contributed by atoms with van der Waals surface area (Å²) in [6, 6.07) is 18.7. The van der Waals surface area contributed by atoms with Crippen LogP contribution in [0.4, 0.5) is 0 Å². The van der Waals surface area contributed by atoms with Gasteiger partial charge < -0.3 is 71.5 Å². The minimum Gasteiger partial charge on any atom is -0.496 e. The summed E-state index contributed by atoms with van der Waals surface area (Å²) < 4.78 is 20.9. The monoisotopic (exact) mass is 1360 g/mol. The molecule has 3 heterocycles. The molecule has 0 bridgehead atoms. The van der Waals surface area contributed by atoms with Crippen molar-refractivity contribution in [1.82, 2.24) is 46.9 Å². The number of fused-ring (bicyclic) bond motifs is 3. The molecule has 526 valence electrons. The lowest BCUT2D eigenvalue weighted by Gasteiger charge is -2.23. The largest absolute Gasteiger partial charge is 0.496 e. The standard InChI is InChI=1S/C25H31N3O6.C24H30N4O5.C24H28N4O4/c1-33-22-8-4-6-17-16(22)13-19(26-17)24(31)27-18(11-14-9-10-14)23(30)28-20(25(32)34-2)12-15-5-3-7-21(15)29;1-33-21-7-3-5-16-15(21)12-19(26-16)24(32)28-18(10-13-8-9-13)23(31)27-17(22(25)30)11-14-4-2-6-20(14)29;1-32-22-7-3-5-18-17(22)12-20(27-18)24(31)28-19(10-14-8-9-14)23(30)26-16(13-25)11-15-4-2-6-21(15)29/h4,6,8,13-15,18,20,26H,3,5,7,9-12H2,1-2H3,(H,27,31)(H,28,30);3,5,7,12-14,17-18,26H,2,4,6,8-11H2,1H3,(H2,25,30)(H,27,31)(H,28,32);3,5,7,12,14-16,19,27H,2,4,6,8-11H2,1H3,(H,26,30)(H,28,31)/t15-,18-,20-;14-,17-,18-;15-,16-,19-/m000/s1. The number of aromatic nitrogens is 3. The highest BCUT2D eigenvalue weighted by atomic mass is 16.5. The molecule has 6 aromatic rings. The Hall–Kier alpha value is -10.1. The predicted octanol–water partition coefficient (Wildman–Crippen LogP) is 7.14. The topological polar surface area (TPSA) is 394 Å². The van der Waals surface area contributed by atoms with Crippen molar-refractivity contribution in [2.24, 2.45) is 41.2 Å². The van der Waals surface area contributed by atoms with Crippen LogP contribution in [0.2, 0.25) is 0 Å². The van der Waals surface area contributed by atoms with Gasteiger partial charge in [0.2, 0.25) is 23.6 Å². The average Bonchev–Trinajstić information content (AvgIpc) is 1.81. The molecular formula is C73H89N11O15. The van der Waals surface area contributed by atoms with Gasteiger partial charge in [0.25, 0.3) is 17.7 Å². The average molecular weight is 1360 g/mol. The first-order valence-corrected chi connectivity index (χ1v) is 34.4. The molecule has 3 aromatic carbocycles. The molecule has 7 amide bonds. The van der Waals surface area contributed by atoms with E-state index >= 15 is 0 Å². The zero-order valence-electron chi connectivity index (χ0n) is 56.4. The second kappa shape index (κ2) is 33.0. The van der Waals surface area contributed by atoms with Crippen LogP contribution in [-0.2, 0) is 43.1 Å². The second-order valence-electron chi connectivity index (χ2n) is 27.0. The van der Waals surface area contributed by atoms with E-state index in [-0.39, 0.29) is 59.8 Å². The van der Waals surface area contributed by atoms with Gasteiger partial charge in [0.05, 0.1) is 34.5 Å². The van der Waals surface area contributed by atoms with Crippen molar-refractivity contribution >= 4 is 97.4 Å². The van der Waals surface area contributed by atoms with Crippen molar-refractivity contribution < 1.29 is 71.7 Å². The molecule has 0 spiro atoms. The molecule has 0 aliphatic heterocycles. The van der Waals surface area contributed by atoms with Crippen LogP contribution < -0.4 is 51.8 Å². The number of hydrogen-bond donors (Lipinski definition) is 10. The summed E-state index contributed by atoms with van der Waals surface area (Å²) in [4.78, 5) is 148. The van der Waals surface area contributed by atoms with E-state index in [1.54, 1.807) is 45.6 Å². The highest BCUT2D eigenvalue weighted by molar-refractivity contribution is 6.04. The number of nitrogens with one attached hydrogen (secondary N) is 9. The maximum absolute atomic E-state index is 13.2. The van der Waals surface area contributed by atoms with Crippen LogP contribution in [0.1, 0.15) is 166 Å². The number of methoxy groups -OCH3 is 4. The molecule has 6 aliphatic rings. The van der Waals surface area contributed by atoms with E-state index in [1.165, 1.54) is 7.11 Å². The van der Waals surface area contributed by atoms with E-state index in [9.17, 15) is 58.0 Å². The van der Waals surface area contributed by atoms with Crippen LogP contribution in [0.25, 0.3) is 32.7 Å². The number of esters is 1. The lowest BCUT2D eigenvalue weighted by Crippen LogP contribution is -2.53. The number of carbonyl (C=O) groups is 11. The first kappa shape index (κ1) is 71.7. The number of carbonyl (C=O) groups excluding carboxylic acids is 11. The van der Waals surface area contributed by atoms with Crippen LogP contribution in [0.3, 0.4) is 0 Å². The van der Waals surface area contributed by atoms with Gasteiger partial charge in [0, 0.05) is 69.7 Å². The van der Waals surface area contributed by atoms with Gasteiger partial charge in [-0.2, -0.15) is 5.26 Å². The molecule has 26 heteroatoms. The molecule has 3 aromatic heterocycles. The number of primary amides is 1. The number of nitrogens with two attached hydrogens (primary N) is 1. The van der Waals surface area contributed by atoms with Gasteiger partial charge in [0.15, 0.2) is 0 Å². The summed E-state index contributed by atoms with van der Waals surface area (Å²) >= 11 is 0. The number of nitriles is 1. The quantitative estimate of drug-likeness (QED) is 0.0209. The fourth-order valence-corrected chi connectivity index (χ4v) is 13.6. The number of hydrogen-bond acceptors (Lipinski definition) is 16. The van der Waals surface area contributed by atoms with E-state index in [0.717, 1.165) is 96.9 Å². The van der Waals surface area contributed by atoms with Crippen molar-refractivity contribution in [1.29, 1.82) is 5.26 Å². The summed E-state index contributed by atoms with van der Waals surface area (Å²) in [6.45, 7) is 0. The molecule has 6 saturated carbocycles. The fraction of sp³-hybridized carbons (Fsp3) is 0.507. The zero-order valence-corrected chi connectivity index (χ0v) is 56.4. The Bertz CT molecular complexity index is 4040. The number of benzene rings is 3. The third-order valence-corrected chi connectivity index (χ3v) is 19.7. The number of ketones is 3. The fourth-order valence-electron chi connectivity index (χ4n) is 13.6. The number of nitrogens with zero attached hydrogens (tertiary/aromatic N) is 1. The van der Waals surface area contributed by atoms with Crippen molar-refractivity contribution in [2.45, 2.75) is 171 Å². The van der Waals surface area contributed by atoms with Gasteiger partial charge in [0.1, 0.15) is 87.9 Å². The molecular weight excluding hydrogens is 1270 g/mol. The van der Waals surface area contributed by atoms with Crippen molar-refractivity contribution in [3.63, 3.8) is 0 Å². The highest BCUT2D eigenvalue weighted by Gasteiger charge is 2.39. The Morgan fingerprint density at radius 1 is 0.455 bits per heavy atom. The second-order valence-corrected chi connectivity index (χ2v) is 27.0. The lowest BCUT2D eigenvalue weighted by molar-refractivity contribution is -0.146. The Morgan fingerprint density at radius 2 is 0.788 bits per heavy atom. The van der Waals surface area contributed by atoms with E-state index in [2.05, 4.69) is 52.9 Å². The van der Waals surface area contributed by atoms with Crippen molar-refractivity contribution in [2.75, 3.05) is 28.4 Å². The number of aromatic amines is 3. The van der Waals surface area contributed by atoms with E-state index in [1.807, 2.05) is 48.5 Å². The van der Waals surface area contributed by atoms with Gasteiger partial charge in [-0.25, -0.2) is 4.79 Å². The van der Waals surface area contributed by atoms with Crippen LogP contribution in [0, 0.1) is 46.8 Å². The molecule has 99 heavy (non-hydrogen) atoms. The maximum atomic E-state index is 13.2. The summed E-state index contributed by atoms with van der Waals surface area (Å²) in [6.07, 6.45) is 14.4. The number of Topliss-reactive ketones (excluding diaryl/α,β-unsaturated/α-hetero) is 3. The van der Waals surface area contributed by atoms with Crippen LogP contribution in [0.5, 0.6) is 17.2 Å². The SMILES string of the molecule is COC(=O)[C@H](C[C@@H]1CCCC1=O)NC(=O)[C@H](CC1CC1)NC(=O)c1cc2c(OC)cccc2[nH]1.COc1cccc2[nH]c(C(=O)N[C@@H](CC3CC3)C(=O)N[C@@H](C[C@@H]3CCCC3=O)C(N)=O)cc12.COc1cccc2[nH]c(C(=O)N[C@@H](CC3CC3)C(=O)N[C@H](C#N)C[C@@H]3CCCC3=O)cc12. The van der Waals surface area contributed by atoms with Gasteiger partial charge in [-0.1, -0.05) is 56.7 Å². The first-order chi connectivity index (χ1) is 47.7. The van der Waals surface area contributed by atoms with Crippen LogP contribution in [0.15, 0.2) is 72.8 Å². The smallest absolute Gasteiger partial charge is 0.328 e. The van der Waals surface area contributed by atoms with Crippen molar-refractivity contribution in [3.8, 4) is 23.3 Å². The third-order valence-electron chi connectivity index (χ3n) is 19.7. The van der Waals surface area contributed by atoms with Crippen LogP contribution in [-0.4, -0.2) is 144 Å². The molecule has 11 N–H and O–H groups in total. The van der Waals surface area contributed by atoms with E-state index in [0.29, 0.717) is 110 Å². The summed E-state index contributed by atoms with van der Waals surface area (Å²) in [7, 11) is 5.95. The molecule has 6 fully saturated rings. The maximum Gasteiger partial charge on any atom is 0.328 e. The normalized spacial score (nSPS) is 19.7. The predicted molar refractivity (Wildman–Crippen MR) is 364 cm³/mol.